The number of halogens is 1. The van der Waals surface area contributed by atoms with Crippen molar-refractivity contribution in [3.05, 3.63) is 41.1 Å². The molecule has 0 spiro atoms. The van der Waals surface area contributed by atoms with Crippen LogP contribution in [0.25, 0.3) is 0 Å². The van der Waals surface area contributed by atoms with Crippen LogP contribution in [-0.2, 0) is 4.79 Å². The van der Waals surface area contributed by atoms with Crippen LogP contribution < -0.4 is 14.4 Å². The molecule has 25 heavy (non-hydrogen) atoms. The van der Waals surface area contributed by atoms with Gasteiger partial charge in [0.1, 0.15) is 0 Å². The summed E-state index contributed by atoms with van der Waals surface area (Å²) >= 11 is 3.33. The first-order valence-corrected chi connectivity index (χ1v) is 8.73. The Kier molecular flexibility index (Phi) is 5.70. The molecular formula is C17H19BrN4O3. The highest BCUT2D eigenvalue weighted by Gasteiger charge is 2.23. The maximum atomic E-state index is 12.4. The van der Waals surface area contributed by atoms with Crippen LogP contribution in [0.3, 0.4) is 0 Å². The molecule has 1 amide bonds. The van der Waals surface area contributed by atoms with Crippen molar-refractivity contribution in [2.45, 2.75) is 0 Å². The highest BCUT2D eigenvalue weighted by Crippen LogP contribution is 2.25. The first-order chi connectivity index (χ1) is 12.2. The molecule has 0 bridgehead atoms. The number of benzene rings is 1. The number of amides is 1. The van der Waals surface area contributed by atoms with E-state index in [1.807, 2.05) is 12.1 Å². The quantitative estimate of drug-likeness (QED) is 0.755. The smallest absolute Gasteiger partial charge is 0.260 e. The van der Waals surface area contributed by atoms with Gasteiger partial charge in [-0.15, -0.1) is 0 Å². The van der Waals surface area contributed by atoms with Gasteiger partial charge in [0.05, 0.1) is 11.6 Å². The van der Waals surface area contributed by atoms with E-state index in [1.165, 1.54) is 0 Å². The molecule has 1 aromatic carbocycles. The minimum absolute atomic E-state index is 0.00480. The average Bonchev–Trinajstić information content (AvgIpc) is 2.67. The van der Waals surface area contributed by atoms with E-state index in [2.05, 4.69) is 30.8 Å². The summed E-state index contributed by atoms with van der Waals surface area (Å²) in [6.45, 7) is 2.63. The van der Waals surface area contributed by atoms with Crippen LogP contribution in [0.5, 0.6) is 11.5 Å². The van der Waals surface area contributed by atoms with Gasteiger partial charge in [0.15, 0.2) is 18.1 Å². The second-order valence-electron chi connectivity index (χ2n) is 5.51. The number of piperazine rings is 1. The van der Waals surface area contributed by atoms with Crippen molar-refractivity contribution in [1.29, 1.82) is 0 Å². The molecule has 1 fully saturated rings. The monoisotopic (exact) mass is 406 g/mol. The lowest BCUT2D eigenvalue weighted by Gasteiger charge is -2.34. The SMILES string of the molecule is COc1ccccc1OCC(=O)N1CCN(c2ncc(Br)cn2)CC1. The molecule has 0 radical (unpaired) electrons. The number of para-hydroxylation sites is 2. The van der Waals surface area contributed by atoms with Gasteiger partial charge in [-0.1, -0.05) is 12.1 Å². The largest absolute Gasteiger partial charge is 0.493 e. The van der Waals surface area contributed by atoms with E-state index < -0.39 is 0 Å². The Bertz CT molecular complexity index is 718. The Morgan fingerprint density at radius 3 is 2.40 bits per heavy atom. The zero-order valence-electron chi connectivity index (χ0n) is 13.9. The Balaban J connectivity index is 1.50. The third-order valence-electron chi connectivity index (χ3n) is 3.94. The summed E-state index contributed by atoms with van der Waals surface area (Å²) in [5.74, 6) is 1.83. The summed E-state index contributed by atoms with van der Waals surface area (Å²) in [6.07, 6.45) is 3.45. The third kappa shape index (κ3) is 4.39. The molecule has 0 aliphatic carbocycles. The van der Waals surface area contributed by atoms with Crippen LogP contribution in [-0.4, -0.2) is 60.7 Å². The van der Waals surface area contributed by atoms with Crippen LogP contribution in [0.15, 0.2) is 41.1 Å². The number of carbonyl (C=O) groups is 1. The first-order valence-electron chi connectivity index (χ1n) is 7.93. The molecule has 132 valence electrons. The summed E-state index contributed by atoms with van der Waals surface area (Å²) in [6, 6.07) is 7.29. The normalized spacial score (nSPS) is 14.3. The second-order valence-corrected chi connectivity index (χ2v) is 6.42. The first kappa shape index (κ1) is 17.5. The molecule has 0 unspecified atom stereocenters. The van der Waals surface area contributed by atoms with Crippen LogP contribution >= 0.6 is 15.9 Å². The van der Waals surface area contributed by atoms with E-state index in [9.17, 15) is 4.79 Å². The Hall–Kier alpha value is -2.35. The topological polar surface area (TPSA) is 67.8 Å². The lowest BCUT2D eigenvalue weighted by molar-refractivity contribution is -0.133. The second kappa shape index (κ2) is 8.15. The summed E-state index contributed by atoms with van der Waals surface area (Å²) in [5, 5.41) is 0. The molecule has 1 saturated heterocycles. The standard InChI is InChI=1S/C17H19BrN4O3/c1-24-14-4-2-3-5-15(14)25-12-16(23)21-6-8-22(9-7-21)17-19-10-13(18)11-20-17/h2-5,10-11H,6-9,12H2,1H3. The van der Waals surface area contributed by atoms with E-state index in [1.54, 1.807) is 36.5 Å². The zero-order valence-corrected chi connectivity index (χ0v) is 15.5. The Morgan fingerprint density at radius 2 is 1.76 bits per heavy atom. The molecule has 0 N–H and O–H groups in total. The highest BCUT2D eigenvalue weighted by molar-refractivity contribution is 9.10. The lowest BCUT2D eigenvalue weighted by atomic mass is 10.3. The molecule has 1 aromatic heterocycles. The summed E-state index contributed by atoms with van der Waals surface area (Å²) in [7, 11) is 1.58. The van der Waals surface area contributed by atoms with Crippen molar-refractivity contribution < 1.29 is 14.3 Å². The molecule has 8 heteroatoms. The van der Waals surface area contributed by atoms with Gasteiger partial charge in [-0.25, -0.2) is 9.97 Å². The van der Waals surface area contributed by atoms with Gasteiger partial charge in [0, 0.05) is 38.6 Å². The van der Waals surface area contributed by atoms with Gasteiger partial charge in [0.25, 0.3) is 5.91 Å². The molecule has 3 rings (SSSR count). The van der Waals surface area contributed by atoms with E-state index in [4.69, 9.17) is 9.47 Å². The van der Waals surface area contributed by atoms with Crippen molar-refractivity contribution >= 4 is 27.8 Å². The minimum Gasteiger partial charge on any atom is -0.493 e. The van der Waals surface area contributed by atoms with E-state index >= 15 is 0 Å². The van der Waals surface area contributed by atoms with E-state index in [-0.39, 0.29) is 12.5 Å². The number of rotatable bonds is 5. The molecule has 2 heterocycles. The van der Waals surface area contributed by atoms with Gasteiger partial charge in [0.2, 0.25) is 5.95 Å². The van der Waals surface area contributed by atoms with E-state index in [0.29, 0.717) is 43.6 Å². The zero-order chi connectivity index (χ0) is 17.6. The fraction of sp³-hybridized carbons (Fsp3) is 0.353. The van der Waals surface area contributed by atoms with Crippen LogP contribution in [0.1, 0.15) is 0 Å². The number of nitrogens with zero attached hydrogens (tertiary/aromatic N) is 4. The van der Waals surface area contributed by atoms with Crippen LogP contribution in [0.4, 0.5) is 5.95 Å². The minimum atomic E-state index is -0.0396. The molecule has 2 aromatic rings. The van der Waals surface area contributed by atoms with Gasteiger partial charge in [-0.2, -0.15) is 0 Å². The van der Waals surface area contributed by atoms with Crippen molar-refractivity contribution in [2.75, 3.05) is 44.8 Å². The Labute approximate surface area is 154 Å². The number of ether oxygens (including phenoxy) is 2. The summed E-state index contributed by atoms with van der Waals surface area (Å²) in [4.78, 5) is 24.8. The molecule has 7 nitrogen and oxygen atoms in total. The van der Waals surface area contributed by atoms with Crippen molar-refractivity contribution in [1.82, 2.24) is 14.9 Å². The Morgan fingerprint density at radius 1 is 1.12 bits per heavy atom. The lowest BCUT2D eigenvalue weighted by Crippen LogP contribution is -2.50. The van der Waals surface area contributed by atoms with Crippen molar-refractivity contribution in [3.8, 4) is 11.5 Å². The number of hydrogen-bond acceptors (Lipinski definition) is 6. The summed E-state index contributed by atoms with van der Waals surface area (Å²) in [5.41, 5.74) is 0. The molecule has 1 aliphatic heterocycles. The van der Waals surface area contributed by atoms with Gasteiger partial charge in [-0.3, -0.25) is 4.79 Å². The van der Waals surface area contributed by atoms with Crippen LogP contribution in [0.2, 0.25) is 0 Å². The maximum absolute atomic E-state index is 12.4. The highest BCUT2D eigenvalue weighted by atomic mass is 79.9. The number of anilines is 1. The molecule has 0 saturated carbocycles. The molecular weight excluding hydrogens is 388 g/mol. The third-order valence-corrected chi connectivity index (χ3v) is 4.35. The number of hydrogen-bond donors (Lipinski definition) is 0. The van der Waals surface area contributed by atoms with Crippen molar-refractivity contribution in [2.24, 2.45) is 0 Å². The number of methoxy groups -OCH3 is 1. The van der Waals surface area contributed by atoms with Gasteiger partial charge < -0.3 is 19.3 Å². The van der Waals surface area contributed by atoms with Gasteiger partial charge >= 0.3 is 0 Å². The predicted molar refractivity (Wildman–Crippen MR) is 97.0 cm³/mol. The number of carbonyl (C=O) groups excluding carboxylic acids is 1. The van der Waals surface area contributed by atoms with Crippen molar-refractivity contribution in [3.63, 3.8) is 0 Å². The number of aromatic nitrogens is 2. The summed E-state index contributed by atoms with van der Waals surface area (Å²) < 4.78 is 11.7. The fourth-order valence-corrected chi connectivity index (χ4v) is 2.80. The molecule has 1 aliphatic rings. The van der Waals surface area contributed by atoms with Gasteiger partial charge in [-0.05, 0) is 28.1 Å². The fourth-order valence-electron chi connectivity index (χ4n) is 2.59. The van der Waals surface area contributed by atoms with Crippen LogP contribution in [0, 0.1) is 0 Å². The predicted octanol–water partition coefficient (Wildman–Crippen LogP) is 1.98. The maximum Gasteiger partial charge on any atom is 0.260 e. The van der Waals surface area contributed by atoms with E-state index in [0.717, 1.165) is 4.47 Å². The molecule has 0 atom stereocenters. The average molecular weight is 407 g/mol.